The van der Waals surface area contributed by atoms with Gasteiger partial charge in [0.15, 0.2) is 11.7 Å². The highest BCUT2D eigenvalue weighted by atomic mass is 32.1. The first kappa shape index (κ1) is 22.3. The van der Waals surface area contributed by atoms with E-state index in [0.29, 0.717) is 24.5 Å². The van der Waals surface area contributed by atoms with E-state index in [2.05, 4.69) is 20.2 Å². The van der Waals surface area contributed by atoms with Gasteiger partial charge in [0, 0.05) is 42.4 Å². The summed E-state index contributed by atoms with van der Waals surface area (Å²) in [6, 6.07) is 9.37. The van der Waals surface area contributed by atoms with Crippen LogP contribution < -0.4 is 10.2 Å². The van der Waals surface area contributed by atoms with E-state index in [-0.39, 0.29) is 16.4 Å². The van der Waals surface area contributed by atoms with Gasteiger partial charge in [-0.05, 0) is 12.1 Å². The Labute approximate surface area is 192 Å². The number of carbonyl (C=O) groups is 2. The Balaban J connectivity index is 1.29. The molecule has 12 heteroatoms. The topological polar surface area (TPSA) is 137 Å². The van der Waals surface area contributed by atoms with Gasteiger partial charge in [-0.25, -0.2) is 14.8 Å². The Hall–Kier alpha value is -3.90. The number of aromatic nitrogens is 2. The number of thiazole rings is 1. The second-order valence-corrected chi connectivity index (χ2v) is 7.83. The number of hydrogen-bond donors (Lipinski definition) is 1. The van der Waals surface area contributed by atoms with Gasteiger partial charge in [0.25, 0.3) is 11.6 Å². The van der Waals surface area contributed by atoms with Crippen LogP contribution in [0.15, 0.2) is 48.0 Å². The number of carbonyl (C=O) groups excluding carboxylic acids is 2. The molecule has 33 heavy (non-hydrogen) atoms. The Morgan fingerprint density at radius 1 is 1.24 bits per heavy atom. The van der Waals surface area contributed by atoms with Crippen molar-refractivity contribution in [2.45, 2.75) is 0 Å². The number of nitro benzene ring substituents is 1. The van der Waals surface area contributed by atoms with Crippen molar-refractivity contribution in [2.24, 2.45) is 0 Å². The lowest BCUT2D eigenvalue weighted by atomic mass is 10.1. The number of non-ortho nitro benzene ring substituents is 1. The standard InChI is InChI=1S/C21H19N5O6S/c27-19(24-21-23-17(13-33-21)14-2-1-3-16(10-14)26(29)30)12-32-20(28)15-4-5-18(22-11-15)25-6-8-31-9-7-25/h1-5,10-11,13H,6-9,12H2,(H,23,24,27). The fraction of sp³-hybridized carbons (Fsp3) is 0.238. The molecule has 3 heterocycles. The molecule has 1 saturated heterocycles. The van der Waals surface area contributed by atoms with Crippen LogP contribution in [0.4, 0.5) is 16.6 Å². The fourth-order valence-electron chi connectivity index (χ4n) is 3.10. The van der Waals surface area contributed by atoms with E-state index >= 15 is 0 Å². The number of nitrogens with zero attached hydrogens (tertiary/aromatic N) is 4. The molecule has 1 amide bonds. The zero-order valence-corrected chi connectivity index (χ0v) is 18.1. The number of ether oxygens (including phenoxy) is 2. The molecule has 0 aliphatic carbocycles. The average Bonchev–Trinajstić information content (AvgIpc) is 3.31. The molecule has 0 saturated carbocycles. The smallest absolute Gasteiger partial charge is 0.340 e. The van der Waals surface area contributed by atoms with Crippen LogP contribution in [-0.2, 0) is 14.3 Å². The van der Waals surface area contributed by atoms with Gasteiger partial charge in [0.2, 0.25) is 0 Å². The van der Waals surface area contributed by atoms with E-state index in [1.807, 2.05) is 0 Å². The van der Waals surface area contributed by atoms with Crippen molar-refractivity contribution in [1.29, 1.82) is 0 Å². The summed E-state index contributed by atoms with van der Waals surface area (Å²) in [5.74, 6) is -0.472. The molecule has 11 nitrogen and oxygen atoms in total. The normalized spacial score (nSPS) is 13.4. The number of morpholine rings is 1. The van der Waals surface area contributed by atoms with Crippen molar-refractivity contribution in [3.63, 3.8) is 0 Å². The fourth-order valence-corrected chi connectivity index (χ4v) is 3.83. The number of amides is 1. The largest absolute Gasteiger partial charge is 0.452 e. The zero-order valence-electron chi connectivity index (χ0n) is 17.3. The Morgan fingerprint density at radius 3 is 2.79 bits per heavy atom. The highest BCUT2D eigenvalue weighted by Crippen LogP contribution is 2.27. The van der Waals surface area contributed by atoms with Crippen molar-refractivity contribution in [1.82, 2.24) is 9.97 Å². The molecule has 0 unspecified atom stereocenters. The van der Waals surface area contributed by atoms with Crippen LogP contribution >= 0.6 is 11.3 Å². The molecule has 3 aromatic rings. The van der Waals surface area contributed by atoms with Crippen LogP contribution in [0.3, 0.4) is 0 Å². The lowest BCUT2D eigenvalue weighted by molar-refractivity contribution is -0.384. The third-order valence-corrected chi connectivity index (χ3v) is 5.51. The van der Waals surface area contributed by atoms with Crippen LogP contribution in [0.2, 0.25) is 0 Å². The molecule has 1 fully saturated rings. The van der Waals surface area contributed by atoms with Crippen molar-refractivity contribution in [2.75, 3.05) is 43.1 Å². The number of nitrogens with one attached hydrogen (secondary N) is 1. The Morgan fingerprint density at radius 2 is 2.06 bits per heavy atom. The number of anilines is 2. The highest BCUT2D eigenvalue weighted by molar-refractivity contribution is 7.14. The van der Waals surface area contributed by atoms with Crippen molar-refractivity contribution in [3.05, 3.63) is 63.7 Å². The van der Waals surface area contributed by atoms with E-state index < -0.39 is 23.4 Å². The van der Waals surface area contributed by atoms with Gasteiger partial charge < -0.3 is 14.4 Å². The van der Waals surface area contributed by atoms with Gasteiger partial charge in [-0.2, -0.15) is 0 Å². The van der Waals surface area contributed by atoms with Gasteiger partial charge >= 0.3 is 5.97 Å². The summed E-state index contributed by atoms with van der Waals surface area (Å²) in [6.45, 7) is 2.24. The number of nitro groups is 1. The Kier molecular flexibility index (Phi) is 6.86. The van der Waals surface area contributed by atoms with E-state index in [4.69, 9.17) is 9.47 Å². The number of pyridine rings is 1. The average molecular weight is 469 g/mol. The second kappa shape index (κ2) is 10.1. The van der Waals surface area contributed by atoms with Crippen LogP contribution in [0.1, 0.15) is 10.4 Å². The minimum absolute atomic E-state index is 0.0505. The summed E-state index contributed by atoms with van der Waals surface area (Å²) in [5.41, 5.74) is 1.23. The summed E-state index contributed by atoms with van der Waals surface area (Å²) in [7, 11) is 0. The summed E-state index contributed by atoms with van der Waals surface area (Å²) in [6.07, 6.45) is 1.41. The van der Waals surface area contributed by atoms with Crippen molar-refractivity contribution in [3.8, 4) is 11.3 Å². The Bertz CT molecular complexity index is 1160. The first-order chi connectivity index (χ1) is 16.0. The molecule has 0 atom stereocenters. The molecule has 1 aliphatic rings. The molecule has 0 radical (unpaired) electrons. The number of hydrogen-bond acceptors (Lipinski definition) is 10. The van der Waals surface area contributed by atoms with Gasteiger partial charge in [-0.3, -0.25) is 20.2 Å². The van der Waals surface area contributed by atoms with Gasteiger partial charge in [-0.1, -0.05) is 12.1 Å². The highest BCUT2D eigenvalue weighted by Gasteiger charge is 2.16. The summed E-state index contributed by atoms with van der Waals surface area (Å²) in [4.78, 5) is 45.4. The number of rotatable bonds is 7. The number of esters is 1. The van der Waals surface area contributed by atoms with Gasteiger partial charge in [-0.15, -0.1) is 11.3 Å². The first-order valence-electron chi connectivity index (χ1n) is 9.96. The third-order valence-electron chi connectivity index (χ3n) is 4.76. The predicted molar refractivity (Wildman–Crippen MR) is 120 cm³/mol. The van der Waals surface area contributed by atoms with E-state index in [1.54, 1.807) is 29.6 Å². The quantitative estimate of drug-likeness (QED) is 0.314. The predicted octanol–water partition coefficient (Wildman–Crippen LogP) is 2.75. The molecule has 1 aliphatic heterocycles. The van der Waals surface area contributed by atoms with Crippen molar-refractivity contribution < 1.29 is 24.0 Å². The van der Waals surface area contributed by atoms with E-state index in [0.717, 1.165) is 30.2 Å². The maximum atomic E-state index is 12.2. The maximum Gasteiger partial charge on any atom is 0.340 e. The zero-order chi connectivity index (χ0) is 23.2. The lowest BCUT2D eigenvalue weighted by Gasteiger charge is -2.27. The summed E-state index contributed by atoms with van der Waals surface area (Å²) >= 11 is 1.16. The molecule has 2 aromatic heterocycles. The van der Waals surface area contributed by atoms with Crippen LogP contribution in [-0.4, -0.2) is 59.7 Å². The minimum Gasteiger partial charge on any atom is -0.452 e. The molecule has 0 bridgehead atoms. The van der Waals surface area contributed by atoms with Gasteiger partial charge in [0.1, 0.15) is 5.82 Å². The minimum atomic E-state index is -0.664. The summed E-state index contributed by atoms with van der Waals surface area (Å²) < 4.78 is 10.4. The summed E-state index contributed by atoms with van der Waals surface area (Å²) in [5, 5.41) is 15.4. The van der Waals surface area contributed by atoms with Crippen LogP contribution in [0.25, 0.3) is 11.3 Å². The van der Waals surface area contributed by atoms with Crippen LogP contribution in [0.5, 0.6) is 0 Å². The molecule has 1 aromatic carbocycles. The monoisotopic (exact) mass is 469 g/mol. The van der Waals surface area contributed by atoms with Crippen LogP contribution in [0, 0.1) is 10.1 Å². The van der Waals surface area contributed by atoms with Crippen molar-refractivity contribution >= 4 is 39.9 Å². The SMILES string of the molecule is O=C(COC(=O)c1ccc(N2CCOCC2)nc1)Nc1nc(-c2cccc([N+](=O)[O-])c2)cs1. The van der Waals surface area contributed by atoms with E-state index in [1.165, 1.54) is 18.3 Å². The maximum absolute atomic E-state index is 12.2. The molecular formula is C21H19N5O6S. The molecule has 170 valence electrons. The molecule has 1 N–H and O–H groups in total. The molecular weight excluding hydrogens is 450 g/mol. The third kappa shape index (κ3) is 5.67. The second-order valence-electron chi connectivity index (χ2n) is 6.97. The number of benzene rings is 1. The first-order valence-corrected chi connectivity index (χ1v) is 10.8. The lowest BCUT2D eigenvalue weighted by Crippen LogP contribution is -2.36. The van der Waals surface area contributed by atoms with Gasteiger partial charge in [0.05, 0.1) is 29.4 Å². The van der Waals surface area contributed by atoms with E-state index in [9.17, 15) is 19.7 Å². The molecule has 0 spiro atoms. The molecule has 4 rings (SSSR count).